The molecule has 1 saturated heterocycles. The number of carbonyl (C=O) groups excluding carboxylic acids is 4. The number of aliphatic hydroxyl groups is 1. The third kappa shape index (κ3) is 3.54. The minimum Gasteiger partial charge on any atom is -0.392 e. The SMILES string of the molecule is CCc1c(C(=O)Nc2ccc3c(c2)CN(C2CCC(=O)NC2=O)C3=O)[nH]c2c(CO)cccc12. The van der Waals surface area contributed by atoms with Gasteiger partial charge in [-0.05, 0) is 42.2 Å². The highest BCUT2D eigenvalue weighted by Gasteiger charge is 2.39. The molecule has 2 aromatic carbocycles. The molecule has 4 N–H and O–H groups in total. The zero-order valence-electron chi connectivity index (χ0n) is 18.6. The van der Waals surface area contributed by atoms with E-state index in [1.54, 1.807) is 18.2 Å². The summed E-state index contributed by atoms with van der Waals surface area (Å²) in [5.74, 6) is -1.37. The summed E-state index contributed by atoms with van der Waals surface area (Å²) in [6.07, 6.45) is 1.13. The molecule has 1 fully saturated rings. The number of aryl methyl sites for hydroxylation is 1. The molecule has 4 amide bonds. The molecule has 0 saturated carbocycles. The van der Waals surface area contributed by atoms with Gasteiger partial charge in [-0.15, -0.1) is 0 Å². The van der Waals surface area contributed by atoms with Crippen LogP contribution in [0.3, 0.4) is 0 Å². The number of aromatic amines is 1. The highest BCUT2D eigenvalue weighted by molar-refractivity contribution is 6.09. The van der Waals surface area contributed by atoms with Crippen LogP contribution in [0.1, 0.15) is 57.3 Å². The van der Waals surface area contributed by atoms with Crippen molar-refractivity contribution in [2.75, 3.05) is 5.32 Å². The Balaban J connectivity index is 1.39. The van der Waals surface area contributed by atoms with Crippen molar-refractivity contribution in [3.8, 4) is 0 Å². The molecule has 2 aliphatic heterocycles. The predicted molar refractivity (Wildman–Crippen MR) is 124 cm³/mol. The van der Waals surface area contributed by atoms with Crippen molar-refractivity contribution in [1.82, 2.24) is 15.2 Å². The summed E-state index contributed by atoms with van der Waals surface area (Å²) in [6, 6.07) is 9.95. The van der Waals surface area contributed by atoms with Gasteiger partial charge in [-0.3, -0.25) is 24.5 Å². The highest BCUT2D eigenvalue weighted by Crippen LogP contribution is 2.30. The van der Waals surface area contributed by atoms with Crippen LogP contribution in [0.15, 0.2) is 36.4 Å². The van der Waals surface area contributed by atoms with Gasteiger partial charge in [0.2, 0.25) is 11.8 Å². The molecule has 1 atom stereocenters. The molecule has 3 aromatic rings. The van der Waals surface area contributed by atoms with Gasteiger partial charge in [0, 0.05) is 35.2 Å². The lowest BCUT2D eigenvalue weighted by Crippen LogP contribution is -2.52. The zero-order valence-corrected chi connectivity index (χ0v) is 18.6. The van der Waals surface area contributed by atoms with Crippen LogP contribution in [-0.2, 0) is 29.2 Å². The summed E-state index contributed by atoms with van der Waals surface area (Å²) in [6.45, 7) is 2.07. The lowest BCUT2D eigenvalue weighted by molar-refractivity contribution is -0.136. The maximum atomic E-state index is 13.1. The second-order valence-corrected chi connectivity index (χ2v) is 8.56. The molecule has 34 heavy (non-hydrogen) atoms. The largest absolute Gasteiger partial charge is 0.392 e. The van der Waals surface area contributed by atoms with Crippen LogP contribution in [0.25, 0.3) is 10.9 Å². The smallest absolute Gasteiger partial charge is 0.272 e. The third-order valence-electron chi connectivity index (χ3n) is 6.56. The number of aliphatic hydroxyl groups excluding tert-OH is 1. The van der Waals surface area contributed by atoms with E-state index in [0.717, 1.165) is 22.0 Å². The number of aromatic nitrogens is 1. The number of para-hydroxylation sites is 1. The van der Waals surface area contributed by atoms with E-state index in [9.17, 15) is 24.3 Å². The number of hydrogen-bond acceptors (Lipinski definition) is 5. The monoisotopic (exact) mass is 460 g/mol. The Morgan fingerprint density at radius 2 is 2.03 bits per heavy atom. The first-order chi connectivity index (χ1) is 16.4. The molecule has 0 radical (unpaired) electrons. The van der Waals surface area contributed by atoms with Crippen molar-refractivity contribution in [2.24, 2.45) is 0 Å². The van der Waals surface area contributed by atoms with Gasteiger partial charge >= 0.3 is 0 Å². The van der Waals surface area contributed by atoms with Gasteiger partial charge in [0.05, 0.1) is 12.1 Å². The summed E-state index contributed by atoms with van der Waals surface area (Å²) in [7, 11) is 0. The van der Waals surface area contributed by atoms with E-state index in [1.807, 2.05) is 25.1 Å². The van der Waals surface area contributed by atoms with Crippen molar-refractivity contribution < 1.29 is 24.3 Å². The fourth-order valence-corrected chi connectivity index (χ4v) is 4.87. The van der Waals surface area contributed by atoms with Crippen molar-refractivity contribution in [3.63, 3.8) is 0 Å². The van der Waals surface area contributed by atoms with Crippen molar-refractivity contribution in [3.05, 3.63) is 64.3 Å². The number of hydrogen-bond donors (Lipinski definition) is 4. The normalized spacial score (nSPS) is 17.8. The molecule has 2 aliphatic rings. The number of piperidine rings is 1. The van der Waals surface area contributed by atoms with Gasteiger partial charge in [0.25, 0.3) is 11.8 Å². The van der Waals surface area contributed by atoms with Crippen LogP contribution in [0.2, 0.25) is 0 Å². The van der Waals surface area contributed by atoms with E-state index in [2.05, 4.69) is 15.6 Å². The molecule has 0 bridgehead atoms. The minimum atomic E-state index is -0.685. The molecular weight excluding hydrogens is 436 g/mol. The minimum absolute atomic E-state index is 0.134. The van der Waals surface area contributed by atoms with Gasteiger partial charge in [-0.25, -0.2) is 0 Å². The first kappa shape index (κ1) is 21.8. The number of anilines is 1. The Bertz CT molecular complexity index is 1360. The van der Waals surface area contributed by atoms with Crippen LogP contribution in [-0.4, -0.2) is 44.7 Å². The lowest BCUT2D eigenvalue weighted by atomic mass is 10.0. The molecule has 1 aromatic heterocycles. The Kier molecular flexibility index (Phi) is 5.41. The first-order valence-electron chi connectivity index (χ1n) is 11.2. The van der Waals surface area contributed by atoms with Gasteiger partial charge in [0.1, 0.15) is 11.7 Å². The number of imide groups is 1. The van der Waals surface area contributed by atoms with Crippen molar-refractivity contribution in [1.29, 1.82) is 0 Å². The molecule has 3 heterocycles. The van der Waals surface area contributed by atoms with E-state index >= 15 is 0 Å². The zero-order chi connectivity index (χ0) is 24.0. The van der Waals surface area contributed by atoms with Crippen molar-refractivity contribution >= 4 is 40.2 Å². The molecule has 0 aliphatic carbocycles. The second kappa shape index (κ2) is 8.42. The topological polar surface area (TPSA) is 132 Å². The predicted octanol–water partition coefficient (Wildman–Crippen LogP) is 2.24. The van der Waals surface area contributed by atoms with E-state index in [4.69, 9.17) is 0 Å². The quantitative estimate of drug-likeness (QED) is 0.434. The van der Waals surface area contributed by atoms with Crippen LogP contribution in [0, 0.1) is 0 Å². The van der Waals surface area contributed by atoms with Crippen LogP contribution in [0.4, 0.5) is 5.69 Å². The van der Waals surface area contributed by atoms with E-state index < -0.39 is 11.9 Å². The molecule has 9 heteroatoms. The third-order valence-corrected chi connectivity index (χ3v) is 6.56. The number of nitrogens with zero attached hydrogens (tertiary/aromatic N) is 1. The number of H-pyrrole nitrogens is 1. The highest BCUT2D eigenvalue weighted by atomic mass is 16.3. The van der Waals surface area contributed by atoms with Crippen molar-refractivity contribution in [2.45, 2.75) is 45.4 Å². The second-order valence-electron chi connectivity index (χ2n) is 8.56. The fourth-order valence-electron chi connectivity index (χ4n) is 4.87. The summed E-state index contributed by atoms with van der Waals surface area (Å²) in [4.78, 5) is 54.3. The van der Waals surface area contributed by atoms with Crippen LogP contribution < -0.4 is 10.6 Å². The fraction of sp³-hybridized carbons (Fsp3) is 0.280. The number of amides is 4. The number of carbonyl (C=O) groups is 4. The lowest BCUT2D eigenvalue weighted by Gasteiger charge is -2.29. The van der Waals surface area contributed by atoms with Gasteiger partial charge < -0.3 is 20.3 Å². The summed E-state index contributed by atoms with van der Waals surface area (Å²) >= 11 is 0. The Hall–Kier alpha value is -3.98. The van der Waals surface area contributed by atoms with E-state index in [1.165, 1.54) is 4.90 Å². The molecular formula is C25H24N4O5. The molecule has 1 unspecified atom stereocenters. The van der Waals surface area contributed by atoms with Gasteiger partial charge in [0.15, 0.2) is 0 Å². The number of nitrogens with one attached hydrogen (secondary N) is 3. The Morgan fingerprint density at radius 1 is 1.21 bits per heavy atom. The maximum Gasteiger partial charge on any atom is 0.272 e. The van der Waals surface area contributed by atoms with Crippen LogP contribution in [0.5, 0.6) is 0 Å². The number of fused-ring (bicyclic) bond motifs is 2. The average molecular weight is 460 g/mol. The average Bonchev–Trinajstić information content (AvgIpc) is 3.36. The van der Waals surface area contributed by atoms with Crippen LogP contribution >= 0.6 is 0 Å². The summed E-state index contributed by atoms with van der Waals surface area (Å²) in [5, 5.41) is 15.7. The number of rotatable bonds is 5. The number of benzene rings is 2. The van der Waals surface area contributed by atoms with Gasteiger partial charge in [-0.1, -0.05) is 25.1 Å². The molecule has 0 spiro atoms. The first-order valence-corrected chi connectivity index (χ1v) is 11.2. The summed E-state index contributed by atoms with van der Waals surface area (Å²) in [5.41, 5.74) is 4.48. The standard InChI is InChI=1S/C25H24N4O5/c1-2-16-18-5-3-4-13(12-30)21(18)28-22(16)24(33)26-15-6-7-17-14(10-15)11-29(25(17)34)19-8-9-20(31)27-23(19)32/h3-7,10,19,28,30H,2,8-9,11-12H2,1H3,(H,26,33)(H,27,31,32). The Morgan fingerprint density at radius 3 is 2.76 bits per heavy atom. The molecule has 5 rings (SSSR count). The molecule has 9 nitrogen and oxygen atoms in total. The van der Waals surface area contributed by atoms with E-state index in [0.29, 0.717) is 35.3 Å². The van der Waals surface area contributed by atoms with E-state index in [-0.39, 0.29) is 37.3 Å². The van der Waals surface area contributed by atoms with Gasteiger partial charge in [-0.2, -0.15) is 0 Å². The molecule has 174 valence electrons. The summed E-state index contributed by atoms with van der Waals surface area (Å²) < 4.78 is 0. The Labute approximate surface area is 195 Å². The maximum absolute atomic E-state index is 13.1.